The summed E-state index contributed by atoms with van der Waals surface area (Å²) in [5.41, 5.74) is 1.22. The standard InChI is InChI=1S/C16H18FN3O3/c1-10-7-11(3-4-13(10)17)15-18-16(23-19-15)12-8-14(21)20(9-12)5-6-22-2/h3-4,7,12H,5-6,8-9H2,1-2H3. The van der Waals surface area contributed by atoms with Crippen LogP contribution in [0.1, 0.15) is 23.8 Å². The maximum absolute atomic E-state index is 13.3. The van der Waals surface area contributed by atoms with E-state index in [-0.39, 0.29) is 17.6 Å². The molecule has 1 aromatic heterocycles. The molecule has 0 spiro atoms. The number of likely N-dealkylation sites (tertiary alicyclic amines) is 1. The second-order valence-corrected chi connectivity index (χ2v) is 5.65. The molecule has 1 amide bonds. The van der Waals surface area contributed by atoms with Gasteiger partial charge in [0.1, 0.15) is 5.82 Å². The van der Waals surface area contributed by atoms with Crippen molar-refractivity contribution in [1.29, 1.82) is 0 Å². The van der Waals surface area contributed by atoms with Crippen LogP contribution in [-0.4, -0.2) is 47.8 Å². The Hall–Kier alpha value is -2.28. The molecule has 1 saturated heterocycles. The lowest BCUT2D eigenvalue weighted by atomic mass is 10.1. The monoisotopic (exact) mass is 319 g/mol. The van der Waals surface area contributed by atoms with Crippen LogP contribution < -0.4 is 0 Å². The van der Waals surface area contributed by atoms with E-state index in [2.05, 4.69) is 10.1 Å². The zero-order valence-corrected chi connectivity index (χ0v) is 13.1. The lowest BCUT2D eigenvalue weighted by Gasteiger charge is -2.14. The lowest BCUT2D eigenvalue weighted by Crippen LogP contribution is -2.28. The van der Waals surface area contributed by atoms with Crippen LogP contribution in [0.2, 0.25) is 0 Å². The molecule has 6 nitrogen and oxygen atoms in total. The third-order valence-electron chi connectivity index (χ3n) is 3.99. The summed E-state index contributed by atoms with van der Waals surface area (Å²) < 4.78 is 23.6. The topological polar surface area (TPSA) is 68.5 Å². The van der Waals surface area contributed by atoms with E-state index in [1.54, 1.807) is 31.1 Å². The van der Waals surface area contributed by atoms with Crippen molar-refractivity contribution in [1.82, 2.24) is 15.0 Å². The van der Waals surface area contributed by atoms with Crippen LogP contribution in [0, 0.1) is 12.7 Å². The van der Waals surface area contributed by atoms with Crippen LogP contribution in [0.4, 0.5) is 4.39 Å². The molecule has 0 saturated carbocycles. The predicted molar refractivity (Wildman–Crippen MR) is 80.2 cm³/mol. The van der Waals surface area contributed by atoms with Crippen LogP contribution in [0.3, 0.4) is 0 Å². The second-order valence-electron chi connectivity index (χ2n) is 5.65. The predicted octanol–water partition coefficient (Wildman–Crippen LogP) is 2.15. The Morgan fingerprint density at radius 2 is 2.30 bits per heavy atom. The first-order chi connectivity index (χ1) is 11.1. The number of carbonyl (C=O) groups excluding carboxylic acids is 1. The van der Waals surface area contributed by atoms with Crippen molar-refractivity contribution in [2.75, 3.05) is 26.8 Å². The summed E-state index contributed by atoms with van der Waals surface area (Å²) in [4.78, 5) is 18.1. The summed E-state index contributed by atoms with van der Waals surface area (Å²) in [5.74, 6) is 0.528. The fourth-order valence-electron chi connectivity index (χ4n) is 2.66. The summed E-state index contributed by atoms with van der Waals surface area (Å²) in [7, 11) is 1.60. The number of amides is 1. The first kappa shape index (κ1) is 15.6. The van der Waals surface area contributed by atoms with Gasteiger partial charge < -0.3 is 14.2 Å². The minimum Gasteiger partial charge on any atom is -0.383 e. The summed E-state index contributed by atoms with van der Waals surface area (Å²) in [6.07, 6.45) is 0.355. The van der Waals surface area contributed by atoms with E-state index in [1.807, 2.05) is 0 Å². The Labute approximate surface area is 133 Å². The van der Waals surface area contributed by atoms with Crippen molar-refractivity contribution in [3.63, 3.8) is 0 Å². The first-order valence-corrected chi connectivity index (χ1v) is 7.45. The number of hydrogen-bond acceptors (Lipinski definition) is 5. The second kappa shape index (κ2) is 6.45. The number of hydrogen-bond donors (Lipinski definition) is 0. The van der Waals surface area contributed by atoms with Gasteiger partial charge in [0.2, 0.25) is 17.6 Å². The molecule has 2 aromatic rings. The van der Waals surface area contributed by atoms with E-state index in [1.165, 1.54) is 6.07 Å². The average Bonchev–Trinajstić information content (AvgIpc) is 3.15. The highest BCUT2D eigenvalue weighted by Gasteiger charge is 2.34. The molecule has 0 radical (unpaired) electrons. The van der Waals surface area contributed by atoms with Gasteiger partial charge in [0, 0.05) is 32.2 Å². The summed E-state index contributed by atoms with van der Waals surface area (Å²) in [6.45, 7) is 3.29. The molecule has 1 aliphatic rings. The summed E-state index contributed by atoms with van der Waals surface area (Å²) in [5, 5.41) is 3.95. The number of carbonyl (C=O) groups is 1. The van der Waals surface area contributed by atoms with Gasteiger partial charge in [-0.1, -0.05) is 5.16 Å². The largest absolute Gasteiger partial charge is 0.383 e. The van der Waals surface area contributed by atoms with Gasteiger partial charge >= 0.3 is 0 Å². The number of nitrogens with zero attached hydrogens (tertiary/aromatic N) is 3. The van der Waals surface area contributed by atoms with Gasteiger partial charge in [-0.15, -0.1) is 0 Å². The number of benzene rings is 1. The normalized spacial score (nSPS) is 18.0. The van der Waals surface area contributed by atoms with E-state index < -0.39 is 0 Å². The molecule has 1 unspecified atom stereocenters. The third kappa shape index (κ3) is 3.24. The van der Waals surface area contributed by atoms with Crippen molar-refractivity contribution in [3.05, 3.63) is 35.5 Å². The molecule has 0 aliphatic carbocycles. The molecule has 1 aromatic carbocycles. The zero-order chi connectivity index (χ0) is 16.4. The van der Waals surface area contributed by atoms with E-state index in [4.69, 9.17) is 9.26 Å². The molecule has 3 rings (SSSR count). The van der Waals surface area contributed by atoms with Gasteiger partial charge in [-0.2, -0.15) is 4.98 Å². The van der Waals surface area contributed by atoms with Crippen molar-refractivity contribution < 1.29 is 18.4 Å². The number of aryl methyl sites for hydroxylation is 1. The lowest BCUT2D eigenvalue weighted by molar-refractivity contribution is -0.128. The molecule has 122 valence electrons. The maximum atomic E-state index is 13.3. The van der Waals surface area contributed by atoms with Crippen LogP contribution >= 0.6 is 0 Å². The SMILES string of the molecule is COCCN1CC(c2nc(-c3ccc(F)c(C)c3)no2)CC1=O. The number of methoxy groups -OCH3 is 1. The Kier molecular flexibility index (Phi) is 4.38. The molecule has 1 aliphatic heterocycles. The van der Waals surface area contributed by atoms with Crippen LogP contribution in [0.5, 0.6) is 0 Å². The van der Waals surface area contributed by atoms with E-state index in [0.29, 0.717) is 49.0 Å². The quantitative estimate of drug-likeness (QED) is 0.844. The number of rotatable bonds is 5. The smallest absolute Gasteiger partial charge is 0.232 e. The molecule has 23 heavy (non-hydrogen) atoms. The molecular formula is C16H18FN3O3. The average molecular weight is 319 g/mol. The van der Waals surface area contributed by atoms with E-state index in [0.717, 1.165) is 0 Å². The van der Waals surface area contributed by atoms with Crippen LogP contribution in [0.15, 0.2) is 22.7 Å². The third-order valence-corrected chi connectivity index (χ3v) is 3.99. The number of halogens is 1. The summed E-state index contributed by atoms with van der Waals surface area (Å²) in [6, 6.07) is 4.67. The highest BCUT2D eigenvalue weighted by molar-refractivity contribution is 5.79. The molecule has 7 heteroatoms. The minimum atomic E-state index is -0.271. The van der Waals surface area contributed by atoms with E-state index in [9.17, 15) is 9.18 Å². The highest BCUT2D eigenvalue weighted by atomic mass is 19.1. The fourth-order valence-corrected chi connectivity index (χ4v) is 2.66. The molecule has 1 fully saturated rings. The van der Waals surface area contributed by atoms with Gasteiger partial charge in [-0.25, -0.2) is 4.39 Å². The van der Waals surface area contributed by atoms with Crippen molar-refractivity contribution in [3.8, 4) is 11.4 Å². The van der Waals surface area contributed by atoms with Crippen molar-refractivity contribution in [2.24, 2.45) is 0 Å². The van der Waals surface area contributed by atoms with Gasteiger partial charge in [-0.3, -0.25) is 4.79 Å². The van der Waals surface area contributed by atoms with Gasteiger partial charge in [-0.05, 0) is 30.7 Å². The minimum absolute atomic E-state index is 0.0597. The Morgan fingerprint density at radius 1 is 1.48 bits per heavy atom. The molecule has 1 atom stereocenters. The fraction of sp³-hybridized carbons (Fsp3) is 0.438. The Morgan fingerprint density at radius 3 is 3.04 bits per heavy atom. The molecule has 0 bridgehead atoms. The van der Waals surface area contributed by atoms with Gasteiger partial charge in [0.15, 0.2) is 0 Å². The van der Waals surface area contributed by atoms with Crippen LogP contribution in [0.25, 0.3) is 11.4 Å². The number of ether oxygens (including phenoxy) is 1. The zero-order valence-electron chi connectivity index (χ0n) is 13.1. The Balaban J connectivity index is 1.74. The van der Waals surface area contributed by atoms with E-state index >= 15 is 0 Å². The number of aromatic nitrogens is 2. The van der Waals surface area contributed by atoms with Gasteiger partial charge in [0.25, 0.3) is 0 Å². The summed E-state index contributed by atoms with van der Waals surface area (Å²) >= 11 is 0. The maximum Gasteiger partial charge on any atom is 0.232 e. The first-order valence-electron chi connectivity index (χ1n) is 7.45. The molecule has 0 N–H and O–H groups in total. The van der Waals surface area contributed by atoms with Gasteiger partial charge in [0.05, 0.1) is 12.5 Å². The van der Waals surface area contributed by atoms with Crippen LogP contribution in [-0.2, 0) is 9.53 Å². The highest BCUT2D eigenvalue weighted by Crippen LogP contribution is 2.28. The van der Waals surface area contributed by atoms with Crippen molar-refractivity contribution >= 4 is 5.91 Å². The van der Waals surface area contributed by atoms with Crippen molar-refractivity contribution in [2.45, 2.75) is 19.3 Å². The molecular weight excluding hydrogens is 301 g/mol. The Bertz CT molecular complexity index is 716. The molecule has 2 heterocycles.